The number of sulfone groups is 1. The van der Waals surface area contributed by atoms with Gasteiger partial charge in [-0.15, -0.1) is 0 Å². The number of hydrogen-bond acceptors (Lipinski definition) is 4. The first-order valence-corrected chi connectivity index (χ1v) is 26.0. The standard InChI is InChI=1S/2C19H42N.C14H10O6S/c2*1-5-6-7-8-9-10-11-12-13-14-15-16-17-18-19-20(2,3)4;15-13(16)9-5-1-3-7-11(9)21(19,20)12-8-4-2-6-10(12)14(17)18/h2*5-19H2,1-4H3;1-8H,(H,15,16)(H,17,18)/q2*+1;. The van der Waals surface area contributed by atoms with Crippen LogP contribution >= 0.6 is 0 Å². The zero-order valence-corrected chi connectivity index (χ0v) is 41.5. The van der Waals surface area contributed by atoms with Gasteiger partial charge < -0.3 is 19.2 Å². The number of rotatable bonds is 34. The second-order valence-electron chi connectivity index (χ2n) is 19.3. The molecule has 0 saturated carbocycles. The minimum Gasteiger partial charge on any atom is -0.478 e. The second kappa shape index (κ2) is 35.7. The van der Waals surface area contributed by atoms with E-state index in [1.54, 1.807) is 0 Å². The molecule has 61 heavy (non-hydrogen) atoms. The number of unbranched alkanes of at least 4 members (excludes halogenated alkanes) is 26. The SMILES string of the molecule is CCCCCCCCCCCCCCCC[N+](C)(C)C.CCCCCCCCCCCCCCCC[N+](C)(C)C.O=C(O)c1ccccc1S(=O)(=O)c1ccccc1C(=O)O. The van der Waals surface area contributed by atoms with Crippen molar-refractivity contribution in [3.8, 4) is 0 Å². The first-order chi connectivity index (χ1) is 29.0. The molecule has 0 saturated heterocycles. The molecule has 0 aromatic heterocycles. The fourth-order valence-electron chi connectivity index (χ4n) is 7.44. The topological polar surface area (TPSA) is 109 Å². The van der Waals surface area contributed by atoms with Gasteiger partial charge in [-0.1, -0.05) is 192 Å². The number of hydrogen-bond donors (Lipinski definition) is 2. The van der Waals surface area contributed by atoms with Gasteiger partial charge in [0.2, 0.25) is 9.84 Å². The van der Waals surface area contributed by atoms with Crippen molar-refractivity contribution in [2.45, 2.75) is 203 Å². The summed E-state index contributed by atoms with van der Waals surface area (Å²) >= 11 is 0. The summed E-state index contributed by atoms with van der Waals surface area (Å²) in [6.07, 6.45) is 40.7. The van der Waals surface area contributed by atoms with Crippen molar-refractivity contribution in [3.63, 3.8) is 0 Å². The number of nitrogens with zero attached hydrogens (tertiary/aromatic N) is 2. The van der Waals surface area contributed by atoms with Gasteiger partial charge in [0.25, 0.3) is 0 Å². The minimum atomic E-state index is -4.25. The van der Waals surface area contributed by atoms with Crippen molar-refractivity contribution in [1.29, 1.82) is 0 Å². The van der Waals surface area contributed by atoms with Crippen molar-refractivity contribution >= 4 is 21.8 Å². The van der Waals surface area contributed by atoms with E-state index in [-0.39, 0.29) is 0 Å². The molecule has 8 nitrogen and oxygen atoms in total. The Labute approximate surface area is 376 Å². The fourth-order valence-corrected chi connectivity index (χ4v) is 9.08. The van der Waals surface area contributed by atoms with Gasteiger partial charge in [-0.25, -0.2) is 18.0 Å². The molecule has 2 aromatic carbocycles. The summed E-state index contributed by atoms with van der Waals surface area (Å²) in [5.41, 5.74) is -0.810. The smallest absolute Gasteiger partial charge is 0.337 e. The molecule has 0 amide bonds. The van der Waals surface area contributed by atoms with Crippen LogP contribution in [0.2, 0.25) is 0 Å². The van der Waals surface area contributed by atoms with Crippen LogP contribution in [-0.2, 0) is 9.84 Å². The summed E-state index contributed by atoms with van der Waals surface area (Å²) in [7, 11) is 9.51. The molecule has 0 aliphatic carbocycles. The molecule has 2 N–H and O–H groups in total. The van der Waals surface area contributed by atoms with E-state index in [2.05, 4.69) is 56.1 Å². The molecule has 0 fully saturated rings. The summed E-state index contributed by atoms with van der Waals surface area (Å²) in [6, 6.07) is 10.1. The Hall–Kier alpha value is -2.75. The first kappa shape index (κ1) is 58.2. The van der Waals surface area contributed by atoms with Crippen LogP contribution in [-0.4, -0.2) is 94.9 Å². The Kier molecular flexibility index (Phi) is 34.1. The Bertz CT molecular complexity index is 1390. The summed E-state index contributed by atoms with van der Waals surface area (Å²) in [4.78, 5) is 21.4. The summed E-state index contributed by atoms with van der Waals surface area (Å²) in [6.45, 7) is 7.25. The van der Waals surface area contributed by atoms with Gasteiger partial charge in [-0.2, -0.15) is 0 Å². The molecular weight excluding hydrogens is 781 g/mol. The minimum absolute atomic E-state index is 0.405. The Morgan fingerprint density at radius 3 is 0.820 bits per heavy atom. The van der Waals surface area contributed by atoms with Gasteiger partial charge in [0.1, 0.15) is 0 Å². The van der Waals surface area contributed by atoms with E-state index < -0.39 is 42.7 Å². The molecule has 0 aliphatic heterocycles. The van der Waals surface area contributed by atoms with Crippen LogP contribution in [0, 0.1) is 0 Å². The van der Waals surface area contributed by atoms with Crippen molar-refractivity contribution < 1.29 is 37.2 Å². The molecule has 0 spiro atoms. The van der Waals surface area contributed by atoms with Crippen LogP contribution in [0.15, 0.2) is 58.3 Å². The quantitative estimate of drug-likeness (QED) is 0.0535. The highest BCUT2D eigenvalue weighted by Gasteiger charge is 2.28. The highest BCUT2D eigenvalue weighted by molar-refractivity contribution is 7.91. The van der Waals surface area contributed by atoms with E-state index in [9.17, 15) is 18.0 Å². The van der Waals surface area contributed by atoms with E-state index in [1.807, 2.05) is 0 Å². The number of quaternary nitrogens is 2. The molecule has 9 heteroatoms. The van der Waals surface area contributed by atoms with E-state index >= 15 is 0 Å². The lowest BCUT2D eigenvalue weighted by Crippen LogP contribution is -2.35. The first-order valence-electron chi connectivity index (χ1n) is 24.5. The Morgan fingerprint density at radius 2 is 0.607 bits per heavy atom. The normalized spacial score (nSPS) is 11.7. The molecule has 2 rings (SSSR count). The van der Waals surface area contributed by atoms with Crippen molar-refractivity contribution in [2.24, 2.45) is 0 Å². The third-order valence-corrected chi connectivity index (χ3v) is 13.0. The van der Waals surface area contributed by atoms with Crippen LogP contribution < -0.4 is 0 Å². The lowest BCUT2D eigenvalue weighted by Gasteiger charge is -2.23. The molecule has 0 unspecified atom stereocenters. The van der Waals surface area contributed by atoms with Crippen molar-refractivity contribution in [1.82, 2.24) is 0 Å². The molecule has 352 valence electrons. The van der Waals surface area contributed by atoms with Crippen LogP contribution in [0.25, 0.3) is 0 Å². The molecule has 0 aliphatic rings. The van der Waals surface area contributed by atoms with Gasteiger partial charge in [-0.3, -0.25) is 0 Å². The van der Waals surface area contributed by atoms with Crippen molar-refractivity contribution in [2.75, 3.05) is 55.4 Å². The lowest BCUT2D eigenvalue weighted by atomic mass is 10.0. The number of carboxylic acid groups (broad SMARTS) is 2. The van der Waals surface area contributed by atoms with E-state index in [4.69, 9.17) is 10.2 Å². The van der Waals surface area contributed by atoms with Gasteiger partial charge in [0.05, 0.1) is 76.3 Å². The molecule has 2 aromatic rings. The highest BCUT2D eigenvalue weighted by Crippen LogP contribution is 2.27. The van der Waals surface area contributed by atoms with Crippen molar-refractivity contribution in [3.05, 3.63) is 59.7 Å². The molecule has 0 bridgehead atoms. The number of carbonyl (C=O) groups is 2. The third kappa shape index (κ3) is 32.6. The number of aromatic carboxylic acids is 2. The maximum atomic E-state index is 12.6. The van der Waals surface area contributed by atoms with Crippen LogP contribution in [0.4, 0.5) is 0 Å². The van der Waals surface area contributed by atoms with Gasteiger partial charge >= 0.3 is 11.9 Å². The van der Waals surface area contributed by atoms with Gasteiger partial charge in [0, 0.05) is 0 Å². The zero-order chi connectivity index (χ0) is 45.8. The summed E-state index contributed by atoms with van der Waals surface area (Å²) in [5, 5.41) is 18.1. The predicted octanol–water partition coefficient (Wildman–Crippen LogP) is 14.3. The fraction of sp³-hybridized carbons (Fsp3) is 0.731. The monoisotopic (exact) mass is 875 g/mol. The lowest BCUT2D eigenvalue weighted by molar-refractivity contribution is -0.870. The molecular formula is C52H94N2O6S+2. The third-order valence-electron chi connectivity index (χ3n) is 11.2. The largest absolute Gasteiger partial charge is 0.478 e. The van der Waals surface area contributed by atoms with E-state index in [0.717, 1.165) is 33.2 Å². The molecule has 0 atom stereocenters. The van der Waals surface area contributed by atoms with Gasteiger partial charge in [0.15, 0.2) is 0 Å². The molecule has 0 heterocycles. The van der Waals surface area contributed by atoms with Crippen LogP contribution in [0.5, 0.6) is 0 Å². The summed E-state index contributed by atoms with van der Waals surface area (Å²) in [5.74, 6) is -2.80. The van der Waals surface area contributed by atoms with Crippen LogP contribution in [0.1, 0.15) is 214 Å². The predicted molar refractivity (Wildman–Crippen MR) is 259 cm³/mol. The zero-order valence-electron chi connectivity index (χ0n) is 40.7. The number of carboxylic acids is 2. The molecule has 0 radical (unpaired) electrons. The Balaban J connectivity index is 0.000000886. The Morgan fingerprint density at radius 1 is 0.393 bits per heavy atom. The maximum absolute atomic E-state index is 12.6. The highest BCUT2D eigenvalue weighted by atomic mass is 32.2. The van der Waals surface area contributed by atoms with Crippen LogP contribution in [0.3, 0.4) is 0 Å². The number of benzene rings is 2. The second-order valence-corrected chi connectivity index (χ2v) is 21.2. The van der Waals surface area contributed by atoms with E-state index in [0.29, 0.717) is 0 Å². The maximum Gasteiger partial charge on any atom is 0.337 e. The average molecular weight is 875 g/mol. The average Bonchev–Trinajstić information content (AvgIpc) is 3.20. The van der Waals surface area contributed by atoms with Gasteiger partial charge in [-0.05, 0) is 49.9 Å². The van der Waals surface area contributed by atoms with E-state index in [1.165, 1.54) is 217 Å². The summed E-state index contributed by atoms with van der Waals surface area (Å²) < 4.78 is 27.4.